The minimum absolute atomic E-state index is 0.282. The summed E-state index contributed by atoms with van der Waals surface area (Å²) in [5.74, 6) is -0.289. The standard InChI is InChI=1S/C14H15F3O4S/c1-9-12(10(2)21-22(18,19)14(15,16)17)8-13(20-9)11-6-4-3-5-7-11/h3-7,9,13H,8H2,1-2H3. The lowest BCUT2D eigenvalue weighted by Crippen LogP contribution is -2.25. The average Bonchev–Trinajstić information content (AvgIpc) is 2.80. The fourth-order valence-electron chi connectivity index (χ4n) is 2.30. The van der Waals surface area contributed by atoms with Gasteiger partial charge in [0.15, 0.2) is 0 Å². The van der Waals surface area contributed by atoms with E-state index in [9.17, 15) is 21.6 Å². The summed E-state index contributed by atoms with van der Waals surface area (Å²) in [6.45, 7) is 2.84. The minimum Gasteiger partial charge on any atom is -0.381 e. The first-order valence-electron chi connectivity index (χ1n) is 6.52. The highest BCUT2D eigenvalue weighted by molar-refractivity contribution is 7.87. The van der Waals surface area contributed by atoms with Crippen LogP contribution in [0.3, 0.4) is 0 Å². The minimum atomic E-state index is -5.65. The molecule has 1 aliphatic heterocycles. The second-order valence-corrected chi connectivity index (χ2v) is 6.48. The van der Waals surface area contributed by atoms with Gasteiger partial charge in [-0.3, -0.25) is 0 Å². The normalized spacial score (nSPS) is 25.1. The highest BCUT2D eigenvalue weighted by Gasteiger charge is 2.49. The molecule has 0 aromatic heterocycles. The van der Waals surface area contributed by atoms with Crippen LogP contribution in [0.15, 0.2) is 41.7 Å². The number of halogens is 3. The van der Waals surface area contributed by atoms with Crippen molar-refractivity contribution >= 4 is 10.1 Å². The maximum atomic E-state index is 12.4. The first-order valence-corrected chi connectivity index (χ1v) is 7.93. The van der Waals surface area contributed by atoms with E-state index < -0.39 is 21.7 Å². The maximum Gasteiger partial charge on any atom is 0.534 e. The second-order valence-electron chi connectivity index (χ2n) is 4.95. The van der Waals surface area contributed by atoms with Crippen LogP contribution in [0.2, 0.25) is 0 Å². The van der Waals surface area contributed by atoms with Crippen LogP contribution in [0.4, 0.5) is 13.2 Å². The van der Waals surface area contributed by atoms with Crippen molar-refractivity contribution in [2.24, 2.45) is 0 Å². The van der Waals surface area contributed by atoms with Crippen molar-refractivity contribution in [1.29, 1.82) is 0 Å². The lowest BCUT2D eigenvalue weighted by molar-refractivity contribution is -0.0522. The van der Waals surface area contributed by atoms with E-state index in [2.05, 4.69) is 4.18 Å². The van der Waals surface area contributed by atoms with E-state index in [-0.39, 0.29) is 18.3 Å². The van der Waals surface area contributed by atoms with Crippen LogP contribution < -0.4 is 0 Å². The molecular weight excluding hydrogens is 321 g/mol. The van der Waals surface area contributed by atoms with E-state index in [0.29, 0.717) is 5.57 Å². The molecule has 0 bridgehead atoms. The lowest BCUT2D eigenvalue weighted by atomic mass is 10.0. The Kier molecular flexibility index (Phi) is 4.53. The van der Waals surface area contributed by atoms with Gasteiger partial charge in [-0.15, -0.1) is 0 Å². The predicted molar refractivity (Wildman–Crippen MR) is 73.1 cm³/mol. The molecule has 1 saturated heterocycles. The third-order valence-electron chi connectivity index (χ3n) is 3.41. The molecule has 0 spiro atoms. The number of allylic oxidation sites excluding steroid dienone is 1. The molecule has 2 atom stereocenters. The van der Waals surface area contributed by atoms with Crippen LogP contribution >= 0.6 is 0 Å². The van der Waals surface area contributed by atoms with Gasteiger partial charge >= 0.3 is 15.6 Å². The Morgan fingerprint density at radius 3 is 2.41 bits per heavy atom. The Morgan fingerprint density at radius 1 is 1.27 bits per heavy atom. The van der Waals surface area contributed by atoms with Crippen molar-refractivity contribution in [1.82, 2.24) is 0 Å². The van der Waals surface area contributed by atoms with Gasteiger partial charge in [-0.25, -0.2) is 0 Å². The molecule has 4 nitrogen and oxygen atoms in total. The molecule has 1 aromatic rings. The summed E-state index contributed by atoms with van der Waals surface area (Å²) in [7, 11) is -5.65. The fraction of sp³-hybridized carbons (Fsp3) is 0.429. The van der Waals surface area contributed by atoms with E-state index >= 15 is 0 Å². The second kappa shape index (κ2) is 5.92. The van der Waals surface area contributed by atoms with Gasteiger partial charge in [-0.2, -0.15) is 21.6 Å². The van der Waals surface area contributed by atoms with Crippen LogP contribution in [0, 0.1) is 0 Å². The Balaban J connectivity index is 2.22. The topological polar surface area (TPSA) is 52.6 Å². The smallest absolute Gasteiger partial charge is 0.381 e. The molecule has 0 saturated carbocycles. The number of alkyl halides is 3. The molecule has 1 heterocycles. The molecule has 22 heavy (non-hydrogen) atoms. The summed E-state index contributed by atoms with van der Waals surface area (Å²) < 4.78 is 69.0. The number of rotatable bonds is 3. The molecule has 2 rings (SSSR count). The van der Waals surface area contributed by atoms with Crippen molar-refractivity contribution in [2.75, 3.05) is 0 Å². The third kappa shape index (κ3) is 3.44. The largest absolute Gasteiger partial charge is 0.534 e. The van der Waals surface area contributed by atoms with Crippen molar-refractivity contribution in [2.45, 2.75) is 38.0 Å². The van der Waals surface area contributed by atoms with E-state index in [1.807, 2.05) is 30.3 Å². The predicted octanol–water partition coefficient (Wildman–Crippen LogP) is 3.68. The summed E-state index contributed by atoms with van der Waals surface area (Å²) in [5.41, 5.74) is -4.17. The van der Waals surface area contributed by atoms with E-state index in [4.69, 9.17) is 4.74 Å². The molecule has 8 heteroatoms. The van der Waals surface area contributed by atoms with Crippen LogP contribution in [-0.4, -0.2) is 20.0 Å². The van der Waals surface area contributed by atoms with E-state index in [1.54, 1.807) is 6.92 Å². The van der Waals surface area contributed by atoms with Crippen LogP contribution in [0.5, 0.6) is 0 Å². The molecule has 1 fully saturated rings. The Labute approximate surface area is 126 Å². The van der Waals surface area contributed by atoms with Gasteiger partial charge in [-0.05, 0) is 19.4 Å². The molecule has 2 unspecified atom stereocenters. The number of hydrogen-bond acceptors (Lipinski definition) is 4. The van der Waals surface area contributed by atoms with E-state index in [0.717, 1.165) is 5.56 Å². The van der Waals surface area contributed by atoms with Gasteiger partial charge in [0.25, 0.3) is 0 Å². The van der Waals surface area contributed by atoms with Crippen molar-refractivity contribution in [3.8, 4) is 0 Å². The highest BCUT2D eigenvalue weighted by atomic mass is 32.2. The first kappa shape index (κ1) is 16.8. The monoisotopic (exact) mass is 336 g/mol. The van der Waals surface area contributed by atoms with Gasteiger partial charge in [0.2, 0.25) is 0 Å². The SMILES string of the molecule is CC(OS(=O)(=O)C(F)(F)F)=C1CC(c2ccccc2)OC1C. The summed E-state index contributed by atoms with van der Waals surface area (Å²) in [4.78, 5) is 0. The van der Waals surface area contributed by atoms with E-state index in [1.165, 1.54) is 6.92 Å². The molecular formula is C14H15F3O4S. The van der Waals surface area contributed by atoms with Gasteiger partial charge in [0.1, 0.15) is 5.76 Å². The zero-order chi connectivity index (χ0) is 16.5. The number of benzene rings is 1. The number of hydrogen-bond donors (Lipinski definition) is 0. The lowest BCUT2D eigenvalue weighted by Gasteiger charge is -2.13. The molecule has 1 aromatic carbocycles. The summed E-state index contributed by atoms with van der Waals surface area (Å²) in [6.07, 6.45) is -0.573. The molecule has 0 aliphatic carbocycles. The van der Waals surface area contributed by atoms with Gasteiger partial charge in [0.05, 0.1) is 12.2 Å². The van der Waals surface area contributed by atoms with Gasteiger partial charge in [0, 0.05) is 12.0 Å². The number of ether oxygens (including phenoxy) is 1. The highest BCUT2D eigenvalue weighted by Crippen LogP contribution is 2.39. The zero-order valence-electron chi connectivity index (χ0n) is 11.9. The van der Waals surface area contributed by atoms with Crippen LogP contribution in [-0.2, 0) is 19.0 Å². The van der Waals surface area contributed by atoms with Gasteiger partial charge < -0.3 is 8.92 Å². The zero-order valence-corrected chi connectivity index (χ0v) is 12.7. The van der Waals surface area contributed by atoms with Crippen molar-refractivity contribution in [3.05, 3.63) is 47.2 Å². The summed E-state index contributed by atoms with van der Waals surface area (Å²) in [5, 5.41) is 0. The Bertz CT molecular complexity index is 665. The summed E-state index contributed by atoms with van der Waals surface area (Å²) >= 11 is 0. The van der Waals surface area contributed by atoms with Crippen molar-refractivity contribution < 1.29 is 30.5 Å². The third-order valence-corrected chi connectivity index (χ3v) is 4.44. The molecule has 0 amide bonds. The molecule has 1 aliphatic rings. The van der Waals surface area contributed by atoms with Crippen LogP contribution in [0.25, 0.3) is 0 Å². The molecule has 0 radical (unpaired) electrons. The van der Waals surface area contributed by atoms with Crippen molar-refractivity contribution in [3.63, 3.8) is 0 Å². The first-order chi connectivity index (χ1) is 10.1. The van der Waals surface area contributed by atoms with Crippen LogP contribution in [0.1, 0.15) is 31.9 Å². The Hall–Kier alpha value is -1.54. The molecule has 122 valence electrons. The van der Waals surface area contributed by atoms with Gasteiger partial charge in [-0.1, -0.05) is 30.3 Å². The quantitative estimate of drug-likeness (QED) is 0.480. The average molecular weight is 336 g/mol. The fourth-order valence-corrected chi connectivity index (χ4v) is 2.83. The maximum absolute atomic E-state index is 12.4. The summed E-state index contributed by atoms with van der Waals surface area (Å²) in [6, 6.07) is 9.15. The molecule has 0 N–H and O–H groups in total. The Morgan fingerprint density at radius 2 is 1.86 bits per heavy atom.